The number of nitrogens with two attached hydrogens (primary N) is 1. The van der Waals surface area contributed by atoms with Crippen molar-refractivity contribution in [3.63, 3.8) is 0 Å². The molecule has 6 nitrogen and oxygen atoms in total. The Morgan fingerprint density at radius 1 is 1.00 bits per heavy atom. The molecule has 0 radical (unpaired) electrons. The van der Waals surface area contributed by atoms with Gasteiger partial charge in [0.25, 0.3) is 5.56 Å². The van der Waals surface area contributed by atoms with E-state index in [0.29, 0.717) is 0 Å². The van der Waals surface area contributed by atoms with Gasteiger partial charge >= 0.3 is 0 Å². The van der Waals surface area contributed by atoms with Crippen molar-refractivity contribution in [1.82, 2.24) is 14.9 Å². The molecular formula is C17H14BrN5O. The maximum Gasteiger partial charge on any atom is 0.299 e. The highest BCUT2D eigenvalue weighted by Gasteiger charge is 2.08. The Bertz CT molecular complexity index is 920. The minimum Gasteiger partial charge on any atom is -0.333 e. The van der Waals surface area contributed by atoms with Gasteiger partial charge in [0, 0.05) is 10.2 Å². The van der Waals surface area contributed by atoms with Crippen molar-refractivity contribution in [2.75, 3.05) is 11.2 Å². The lowest BCUT2D eigenvalue weighted by molar-refractivity contribution is 0.828. The predicted molar refractivity (Wildman–Crippen MR) is 99.2 cm³/mol. The number of hydrogen-bond donors (Lipinski definition) is 2. The van der Waals surface area contributed by atoms with E-state index in [4.69, 9.17) is 5.84 Å². The molecule has 0 aliphatic heterocycles. The zero-order valence-electron chi connectivity index (χ0n) is 12.6. The van der Waals surface area contributed by atoms with Crippen LogP contribution < -0.4 is 16.7 Å². The first-order valence-electron chi connectivity index (χ1n) is 7.14. The van der Waals surface area contributed by atoms with E-state index in [1.807, 2.05) is 54.6 Å². The molecule has 0 amide bonds. The summed E-state index contributed by atoms with van der Waals surface area (Å²) in [7, 11) is 0. The van der Waals surface area contributed by atoms with Crippen molar-refractivity contribution in [2.24, 2.45) is 0 Å². The Balaban J connectivity index is 1.85. The van der Waals surface area contributed by atoms with Gasteiger partial charge < -0.3 is 11.2 Å². The van der Waals surface area contributed by atoms with Crippen LogP contribution in [0.25, 0.3) is 12.2 Å². The largest absolute Gasteiger partial charge is 0.333 e. The molecule has 120 valence electrons. The summed E-state index contributed by atoms with van der Waals surface area (Å²) in [6, 6.07) is 17.0. The van der Waals surface area contributed by atoms with Crippen LogP contribution in [0.2, 0.25) is 0 Å². The molecule has 7 heteroatoms. The number of halogens is 1. The third-order valence-corrected chi connectivity index (χ3v) is 3.78. The third kappa shape index (κ3) is 3.69. The van der Waals surface area contributed by atoms with Crippen LogP contribution in [0.15, 0.2) is 63.9 Å². The molecule has 0 spiro atoms. The van der Waals surface area contributed by atoms with Gasteiger partial charge in [0.1, 0.15) is 0 Å². The number of hydrogen-bond acceptors (Lipinski definition) is 5. The SMILES string of the molecule is Nn1c(Nc2ccc(Br)cc2)nnc(/C=C/c2ccccc2)c1=O. The van der Waals surface area contributed by atoms with Gasteiger partial charge in [0.15, 0.2) is 5.69 Å². The van der Waals surface area contributed by atoms with Crippen molar-refractivity contribution in [3.8, 4) is 0 Å². The van der Waals surface area contributed by atoms with E-state index in [-0.39, 0.29) is 11.6 Å². The molecular weight excluding hydrogens is 370 g/mol. The lowest BCUT2D eigenvalue weighted by atomic mass is 10.2. The smallest absolute Gasteiger partial charge is 0.299 e. The fourth-order valence-corrected chi connectivity index (χ4v) is 2.27. The summed E-state index contributed by atoms with van der Waals surface area (Å²) in [6.45, 7) is 0. The monoisotopic (exact) mass is 383 g/mol. The lowest BCUT2D eigenvalue weighted by Gasteiger charge is -2.09. The summed E-state index contributed by atoms with van der Waals surface area (Å²) < 4.78 is 1.89. The van der Waals surface area contributed by atoms with Gasteiger partial charge in [0.05, 0.1) is 0 Å². The van der Waals surface area contributed by atoms with Gasteiger partial charge in [-0.25, -0.2) is 0 Å². The molecule has 3 rings (SSSR count). The Hall–Kier alpha value is -2.93. The van der Waals surface area contributed by atoms with Crippen LogP contribution >= 0.6 is 15.9 Å². The molecule has 3 N–H and O–H groups in total. The van der Waals surface area contributed by atoms with E-state index >= 15 is 0 Å². The first-order valence-corrected chi connectivity index (χ1v) is 7.93. The number of aromatic nitrogens is 3. The maximum atomic E-state index is 12.3. The van der Waals surface area contributed by atoms with Crippen LogP contribution in [0.1, 0.15) is 11.3 Å². The number of nitrogen functional groups attached to an aromatic ring is 1. The van der Waals surface area contributed by atoms with E-state index in [1.54, 1.807) is 12.2 Å². The molecule has 0 fully saturated rings. The van der Waals surface area contributed by atoms with E-state index in [1.165, 1.54) is 0 Å². The molecule has 2 aromatic carbocycles. The number of rotatable bonds is 4. The molecule has 0 aliphatic rings. The molecule has 3 aromatic rings. The van der Waals surface area contributed by atoms with Gasteiger partial charge in [0.2, 0.25) is 5.95 Å². The average Bonchev–Trinajstić information content (AvgIpc) is 2.61. The Morgan fingerprint density at radius 2 is 1.71 bits per heavy atom. The number of nitrogens with one attached hydrogen (secondary N) is 1. The quantitative estimate of drug-likeness (QED) is 0.676. The predicted octanol–water partition coefficient (Wildman–Crippen LogP) is 3.03. The molecule has 0 aliphatic carbocycles. The van der Waals surface area contributed by atoms with E-state index < -0.39 is 5.56 Å². The van der Waals surface area contributed by atoms with E-state index in [2.05, 4.69) is 31.4 Å². The van der Waals surface area contributed by atoms with Crippen molar-refractivity contribution in [3.05, 3.63) is 80.7 Å². The third-order valence-electron chi connectivity index (χ3n) is 3.25. The summed E-state index contributed by atoms with van der Waals surface area (Å²) >= 11 is 3.36. The Labute approximate surface area is 146 Å². The zero-order chi connectivity index (χ0) is 16.9. The van der Waals surface area contributed by atoms with E-state index in [0.717, 1.165) is 20.4 Å². The fraction of sp³-hybridized carbons (Fsp3) is 0. The average molecular weight is 384 g/mol. The van der Waals surface area contributed by atoms with Gasteiger partial charge in [-0.1, -0.05) is 52.3 Å². The second kappa shape index (κ2) is 7.10. The number of nitrogens with zero attached hydrogens (tertiary/aromatic N) is 3. The van der Waals surface area contributed by atoms with E-state index in [9.17, 15) is 4.79 Å². The van der Waals surface area contributed by atoms with Crippen LogP contribution in [0.5, 0.6) is 0 Å². The highest BCUT2D eigenvalue weighted by atomic mass is 79.9. The van der Waals surface area contributed by atoms with Crippen molar-refractivity contribution >= 4 is 39.7 Å². The fourth-order valence-electron chi connectivity index (χ4n) is 2.00. The first kappa shape index (κ1) is 15.9. The summed E-state index contributed by atoms with van der Waals surface area (Å²) in [4.78, 5) is 12.3. The molecule has 0 bridgehead atoms. The van der Waals surface area contributed by atoms with Crippen LogP contribution in [-0.2, 0) is 0 Å². The molecule has 0 atom stereocenters. The second-order valence-electron chi connectivity index (χ2n) is 4.96. The summed E-state index contributed by atoms with van der Waals surface area (Å²) in [5.41, 5.74) is 1.44. The van der Waals surface area contributed by atoms with Crippen molar-refractivity contribution < 1.29 is 0 Å². The molecule has 0 unspecified atom stereocenters. The van der Waals surface area contributed by atoms with Gasteiger partial charge in [-0.15, -0.1) is 10.2 Å². The summed E-state index contributed by atoms with van der Waals surface area (Å²) in [5, 5.41) is 10.9. The van der Waals surface area contributed by atoms with Crippen LogP contribution in [0.3, 0.4) is 0 Å². The summed E-state index contributed by atoms with van der Waals surface area (Å²) in [6.07, 6.45) is 3.38. The van der Waals surface area contributed by atoms with Crippen LogP contribution in [0.4, 0.5) is 11.6 Å². The van der Waals surface area contributed by atoms with Crippen molar-refractivity contribution in [2.45, 2.75) is 0 Å². The van der Waals surface area contributed by atoms with Crippen LogP contribution in [0, 0.1) is 0 Å². The van der Waals surface area contributed by atoms with Crippen LogP contribution in [-0.4, -0.2) is 14.9 Å². The van der Waals surface area contributed by atoms with Gasteiger partial charge in [-0.05, 0) is 35.9 Å². The highest BCUT2D eigenvalue weighted by Crippen LogP contribution is 2.16. The maximum absolute atomic E-state index is 12.3. The Kier molecular flexibility index (Phi) is 4.72. The number of benzene rings is 2. The van der Waals surface area contributed by atoms with Crippen molar-refractivity contribution in [1.29, 1.82) is 0 Å². The highest BCUT2D eigenvalue weighted by molar-refractivity contribution is 9.10. The number of anilines is 2. The van der Waals surface area contributed by atoms with Gasteiger partial charge in [-0.2, -0.15) is 4.68 Å². The minimum atomic E-state index is -0.434. The minimum absolute atomic E-state index is 0.166. The molecule has 0 saturated heterocycles. The molecule has 0 saturated carbocycles. The standard InChI is InChI=1S/C17H14BrN5O/c18-13-7-9-14(10-8-13)20-17-22-21-15(16(24)23(17)19)11-6-12-4-2-1-3-5-12/h1-11H,19H2,(H,20,22)/b11-6+. The summed E-state index contributed by atoms with van der Waals surface area (Å²) in [5.74, 6) is 5.99. The topological polar surface area (TPSA) is 85.8 Å². The molecule has 1 heterocycles. The van der Waals surface area contributed by atoms with Gasteiger partial charge in [-0.3, -0.25) is 4.79 Å². The first-order chi connectivity index (χ1) is 11.6. The normalized spacial score (nSPS) is 10.9. The zero-order valence-corrected chi connectivity index (χ0v) is 14.1. The Morgan fingerprint density at radius 3 is 2.42 bits per heavy atom. The molecule has 1 aromatic heterocycles. The molecule has 24 heavy (non-hydrogen) atoms. The lowest BCUT2D eigenvalue weighted by Crippen LogP contribution is -2.32. The second-order valence-corrected chi connectivity index (χ2v) is 5.88.